The maximum absolute atomic E-state index is 12.7. The molecule has 2 nitrogen and oxygen atoms in total. The highest BCUT2D eigenvalue weighted by atomic mass is 19.4. The number of rotatable bonds is 1. The third kappa shape index (κ3) is 2.20. The van der Waals surface area contributed by atoms with Gasteiger partial charge in [-0.3, -0.25) is 0 Å². The van der Waals surface area contributed by atoms with Crippen LogP contribution in [0.25, 0.3) is 0 Å². The highest BCUT2D eigenvalue weighted by Crippen LogP contribution is 2.47. The molecule has 2 fully saturated rings. The summed E-state index contributed by atoms with van der Waals surface area (Å²) in [5.41, 5.74) is 5.59. The molecular weight excluding hydrogens is 219 g/mol. The van der Waals surface area contributed by atoms with Crippen molar-refractivity contribution in [2.75, 3.05) is 6.54 Å². The highest BCUT2D eigenvalue weighted by Gasteiger charge is 2.51. The molecule has 1 aliphatic heterocycles. The Hall–Kier alpha value is -0.290. The zero-order valence-corrected chi connectivity index (χ0v) is 9.33. The van der Waals surface area contributed by atoms with E-state index in [9.17, 15) is 13.2 Å². The van der Waals surface area contributed by atoms with Crippen molar-refractivity contribution in [1.29, 1.82) is 0 Å². The van der Waals surface area contributed by atoms with Crippen LogP contribution >= 0.6 is 0 Å². The van der Waals surface area contributed by atoms with E-state index in [1.807, 2.05) is 6.92 Å². The van der Waals surface area contributed by atoms with E-state index in [4.69, 9.17) is 10.5 Å². The van der Waals surface area contributed by atoms with Crippen LogP contribution in [0.2, 0.25) is 0 Å². The van der Waals surface area contributed by atoms with Gasteiger partial charge < -0.3 is 10.5 Å². The summed E-state index contributed by atoms with van der Waals surface area (Å²) in [6.07, 6.45) is -3.10. The predicted octanol–water partition coefficient (Wildman–Crippen LogP) is 2.33. The van der Waals surface area contributed by atoms with Crippen molar-refractivity contribution < 1.29 is 17.9 Å². The average molecular weight is 237 g/mol. The predicted molar refractivity (Wildman–Crippen MR) is 53.8 cm³/mol. The second-order valence-electron chi connectivity index (χ2n) is 5.09. The minimum absolute atomic E-state index is 0.0321. The standard InChI is InChI=1S/C11H18F3NO/c1-6-2-9-7(5-15)3-8(11(12,13)14)4-10(9)16-6/h6-10H,2-5,15H2,1H3/t6-,7-,8+,9-,10-/m1/s1. The summed E-state index contributed by atoms with van der Waals surface area (Å²) in [7, 11) is 0. The number of alkyl halides is 3. The molecule has 0 aromatic heterocycles. The van der Waals surface area contributed by atoms with Gasteiger partial charge in [0.05, 0.1) is 18.1 Å². The molecule has 2 rings (SSSR count). The SMILES string of the molecule is C[C@@H]1C[C@@H]2[C@@H](CN)C[C@H](C(F)(F)F)C[C@H]2O1. The van der Waals surface area contributed by atoms with Gasteiger partial charge in [-0.2, -0.15) is 13.2 Å². The first-order chi connectivity index (χ1) is 7.41. The molecule has 0 radical (unpaired) electrons. The Bertz CT molecular complexity index is 248. The van der Waals surface area contributed by atoms with Crippen LogP contribution in [0.3, 0.4) is 0 Å². The normalized spacial score (nSPS) is 44.4. The molecule has 0 bridgehead atoms. The summed E-state index contributed by atoms with van der Waals surface area (Å²) in [5, 5.41) is 0. The molecule has 2 N–H and O–H groups in total. The summed E-state index contributed by atoms with van der Waals surface area (Å²) in [6, 6.07) is 0. The number of nitrogens with two attached hydrogens (primary N) is 1. The molecule has 94 valence electrons. The number of halogens is 3. The van der Waals surface area contributed by atoms with Crippen LogP contribution in [0.4, 0.5) is 13.2 Å². The Labute approximate surface area is 93.3 Å². The third-order valence-electron chi connectivity index (χ3n) is 3.96. The van der Waals surface area contributed by atoms with E-state index >= 15 is 0 Å². The number of hydrogen-bond acceptors (Lipinski definition) is 2. The fourth-order valence-electron chi connectivity index (χ4n) is 3.17. The average Bonchev–Trinajstić information content (AvgIpc) is 2.54. The minimum Gasteiger partial charge on any atom is -0.375 e. The van der Waals surface area contributed by atoms with Gasteiger partial charge >= 0.3 is 6.18 Å². The van der Waals surface area contributed by atoms with Gasteiger partial charge in [-0.15, -0.1) is 0 Å². The van der Waals surface area contributed by atoms with Gasteiger partial charge in [-0.1, -0.05) is 0 Å². The van der Waals surface area contributed by atoms with E-state index in [1.165, 1.54) is 0 Å². The molecule has 2 aliphatic rings. The molecule has 5 atom stereocenters. The fourth-order valence-corrected chi connectivity index (χ4v) is 3.17. The van der Waals surface area contributed by atoms with Crippen LogP contribution < -0.4 is 5.73 Å². The Morgan fingerprint density at radius 3 is 2.50 bits per heavy atom. The molecule has 0 spiro atoms. The maximum Gasteiger partial charge on any atom is 0.391 e. The Kier molecular flexibility index (Phi) is 3.18. The third-order valence-corrected chi connectivity index (χ3v) is 3.96. The van der Waals surface area contributed by atoms with E-state index in [2.05, 4.69) is 0 Å². The van der Waals surface area contributed by atoms with Gasteiger partial charge in [0.2, 0.25) is 0 Å². The first kappa shape index (κ1) is 12.2. The van der Waals surface area contributed by atoms with Gasteiger partial charge in [0, 0.05) is 0 Å². The second-order valence-corrected chi connectivity index (χ2v) is 5.09. The maximum atomic E-state index is 12.7. The first-order valence-electron chi connectivity index (χ1n) is 5.84. The lowest BCUT2D eigenvalue weighted by atomic mass is 9.71. The van der Waals surface area contributed by atoms with E-state index < -0.39 is 12.1 Å². The summed E-state index contributed by atoms with van der Waals surface area (Å²) in [5.74, 6) is -1.03. The molecule has 1 aliphatic carbocycles. The second kappa shape index (κ2) is 4.18. The smallest absolute Gasteiger partial charge is 0.375 e. The van der Waals surface area contributed by atoms with Crippen molar-refractivity contribution in [3.8, 4) is 0 Å². The lowest BCUT2D eigenvalue weighted by Gasteiger charge is -2.37. The lowest BCUT2D eigenvalue weighted by Crippen LogP contribution is -2.42. The van der Waals surface area contributed by atoms with Gasteiger partial charge in [0.15, 0.2) is 0 Å². The Morgan fingerprint density at radius 2 is 1.94 bits per heavy atom. The monoisotopic (exact) mass is 237 g/mol. The largest absolute Gasteiger partial charge is 0.391 e. The van der Waals surface area contributed by atoms with E-state index in [0.29, 0.717) is 6.54 Å². The van der Waals surface area contributed by atoms with E-state index in [-0.39, 0.29) is 36.9 Å². The van der Waals surface area contributed by atoms with Crippen LogP contribution in [-0.4, -0.2) is 24.9 Å². The molecule has 0 aromatic rings. The molecule has 0 amide bonds. The van der Waals surface area contributed by atoms with Crippen molar-refractivity contribution in [3.05, 3.63) is 0 Å². The summed E-state index contributed by atoms with van der Waals surface area (Å²) >= 11 is 0. The van der Waals surface area contributed by atoms with Crippen molar-refractivity contribution >= 4 is 0 Å². The van der Waals surface area contributed by atoms with Gasteiger partial charge in [-0.05, 0) is 44.6 Å². The molecule has 16 heavy (non-hydrogen) atoms. The van der Waals surface area contributed by atoms with E-state index in [1.54, 1.807) is 0 Å². The Balaban J connectivity index is 2.10. The van der Waals surface area contributed by atoms with Gasteiger partial charge in [0.25, 0.3) is 0 Å². The zero-order chi connectivity index (χ0) is 11.9. The van der Waals surface area contributed by atoms with Crippen LogP contribution in [0.5, 0.6) is 0 Å². The van der Waals surface area contributed by atoms with Crippen molar-refractivity contribution in [2.24, 2.45) is 23.5 Å². The van der Waals surface area contributed by atoms with Crippen molar-refractivity contribution in [1.82, 2.24) is 0 Å². The summed E-state index contributed by atoms with van der Waals surface area (Å²) < 4.78 is 43.7. The zero-order valence-electron chi connectivity index (χ0n) is 9.33. The van der Waals surface area contributed by atoms with E-state index in [0.717, 1.165) is 6.42 Å². The topological polar surface area (TPSA) is 35.2 Å². The first-order valence-corrected chi connectivity index (χ1v) is 5.84. The van der Waals surface area contributed by atoms with Crippen molar-refractivity contribution in [2.45, 2.75) is 44.6 Å². The number of fused-ring (bicyclic) bond motifs is 1. The number of ether oxygens (including phenoxy) is 1. The fraction of sp³-hybridized carbons (Fsp3) is 1.00. The lowest BCUT2D eigenvalue weighted by molar-refractivity contribution is -0.198. The molecule has 1 saturated heterocycles. The van der Waals surface area contributed by atoms with Crippen LogP contribution in [-0.2, 0) is 4.74 Å². The number of hydrogen-bond donors (Lipinski definition) is 1. The molecular formula is C11H18F3NO. The van der Waals surface area contributed by atoms with Crippen LogP contribution in [0.15, 0.2) is 0 Å². The summed E-state index contributed by atoms with van der Waals surface area (Å²) in [4.78, 5) is 0. The summed E-state index contributed by atoms with van der Waals surface area (Å²) in [6.45, 7) is 2.26. The molecule has 1 heterocycles. The van der Waals surface area contributed by atoms with Crippen LogP contribution in [0.1, 0.15) is 26.2 Å². The van der Waals surface area contributed by atoms with Gasteiger partial charge in [-0.25, -0.2) is 0 Å². The molecule has 0 unspecified atom stereocenters. The van der Waals surface area contributed by atoms with Gasteiger partial charge in [0.1, 0.15) is 0 Å². The van der Waals surface area contributed by atoms with Crippen LogP contribution in [0, 0.1) is 17.8 Å². The molecule has 5 heteroatoms. The quantitative estimate of drug-likeness (QED) is 0.759. The minimum atomic E-state index is -4.10. The molecule has 1 saturated carbocycles. The highest BCUT2D eigenvalue weighted by molar-refractivity contribution is 4.94. The van der Waals surface area contributed by atoms with Crippen molar-refractivity contribution in [3.63, 3.8) is 0 Å². The Morgan fingerprint density at radius 1 is 1.25 bits per heavy atom. The molecule has 0 aromatic carbocycles.